The second-order valence-corrected chi connectivity index (χ2v) is 6.35. The van der Waals surface area contributed by atoms with Gasteiger partial charge in [0.15, 0.2) is 0 Å². The van der Waals surface area contributed by atoms with Gasteiger partial charge in [0.1, 0.15) is 22.5 Å². The Kier molecular flexibility index (Phi) is 2.97. The quantitative estimate of drug-likeness (QED) is 0.739. The van der Waals surface area contributed by atoms with Gasteiger partial charge in [-0.3, -0.25) is 0 Å². The summed E-state index contributed by atoms with van der Waals surface area (Å²) in [7, 11) is 0. The largest absolute Gasteiger partial charge is 0.505 e. The average molecular weight is 281 g/mol. The number of phenolic OH excluding ortho intramolecular Hbond substituents is 1. The zero-order valence-electron chi connectivity index (χ0n) is 12.8. The van der Waals surface area contributed by atoms with Crippen molar-refractivity contribution in [1.82, 2.24) is 15.0 Å². The van der Waals surface area contributed by atoms with E-state index in [4.69, 9.17) is 0 Å². The first-order chi connectivity index (χ1) is 9.88. The highest BCUT2D eigenvalue weighted by molar-refractivity contribution is 5.73. The van der Waals surface area contributed by atoms with E-state index in [1.54, 1.807) is 0 Å². The van der Waals surface area contributed by atoms with Crippen molar-refractivity contribution in [2.45, 2.75) is 33.1 Å². The standard InChI is InChI=1S/C17H19N3O/c1-11-9-10-14(16(21)15(11)17(2,3)4)20-18-12-7-5-6-8-13(12)19-20/h5-10,21H,1-4H3. The fraction of sp³-hybridized carbons (Fsp3) is 0.294. The summed E-state index contributed by atoms with van der Waals surface area (Å²) in [6.07, 6.45) is 0. The van der Waals surface area contributed by atoms with Crippen molar-refractivity contribution in [1.29, 1.82) is 0 Å². The van der Waals surface area contributed by atoms with Crippen LogP contribution >= 0.6 is 0 Å². The molecule has 21 heavy (non-hydrogen) atoms. The summed E-state index contributed by atoms with van der Waals surface area (Å²) < 4.78 is 0. The van der Waals surface area contributed by atoms with Crippen molar-refractivity contribution in [3.63, 3.8) is 0 Å². The molecule has 2 aromatic carbocycles. The van der Waals surface area contributed by atoms with Gasteiger partial charge < -0.3 is 5.11 Å². The highest BCUT2D eigenvalue weighted by Crippen LogP contribution is 2.37. The van der Waals surface area contributed by atoms with Gasteiger partial charge in [0.2, 0.25) is 0 Å². The Hall–Kier alpha value is -2.36. The fourth-order valence-electron chi connectivity index (χ4n) is 2.76. The maximum atomic E-state index is 10.7. The van der Waals surface area contributed by atoms with Crippen LogP contribution in [0.1, 0.15) is 31.9 Å². The number of aryl methyl sites for hydroxylation is 1. The molecular weight excluding hydrogens is 262 g/mol. The molecule has 1 heterocycles. The van der Waals surface area contributed by atoms with Crippen LogP contribution in [0.15, 0.2) is 36.4 Å². The highest BCUT2D eigenvalue weighted by atomic mass is 16.3. The van der Waals surface area contributed by atoms with Gasteiger partial charge in [-0.25, -0.2) is 0 Å². The van der Waals surface area contributed by atoms with Gasteiger partial charge in [-0.2, -0.15) is 0 Å². The lowest BCUT2D eigenvalue weighted by molar-refractivity contribution is 0.439. The topological polar surface area (TPSA) is 50.9 Å². The number of fused-ring (bicyclic) bond motifs is 1. The maximum absolute atomic E-state index is 10.7. The zero-order valence-corrected chi connectivity index (χ0v) is 12.8. The van der Waals surface area contributed by atoms with Gasteiger partial charge in [-0.15, -0.1) is 15.0 Å². The molecule has 3 aromatic rings. The molecule has 0 aliphatic carbocycles. The van der Waals surface area contributed by atoms with Crippen molar-refractivity contribution in [2.75, 3.05) is 0 Å². The van der Waals surface area contributed by atoms with Crippen LogP contribution in [0.25, 0.3) is 16.7 Å². The summed E-state index contributed by atoms with van der Waals surface area (Å²) in [6, 6.07) is 11.5. The number of nitrogens with zero attached hydrogens (tertiary/aromatic N) is 3. The predicted octanol–water partition coefficient (Wildman–Crippen LogP) is 3.73. The molecule has 0 fully saturated rings. The fourth-order valence-corrected chi connectivity index (χ4v) is 2.76. The first-order valence-electron chi connectivity index (χ1n) is 7.03. The van der Waals surface area contributed by atoms with Gasteiger partial charge in [0.25, 0.3) is 0 Å². The third-order valence-electron chi connectivity index (χ3n) is 3.62. The van der Waals surface area contributed by atoms with Crippen molar-refractivity contribution < 1.29 is 5.11 Å². The Morgan fingerprint density at radius 1 is 0.952 bits per heavy atom. The summed E-state index contributed by atoms with van der Waals surface area (Å²) in [5, 5.41) is 19.6. The third kappa shape index (κ3) is 2.27. The van der Waals surface area contributed by atoms with Crippen LogP contribution in [-0.4, -0.2) is 20.1 Å². The van der Waals surface area contributed by atoms with E-state index < -0.39 is 0 Å². The van der Waals surface area contributed by atoms with Crippen LogP contribution in [0.5, 0.6) is 5.75 Å². The van der Waals surface area contributed by atoms with E-state index in [1.807, 2.05) is 43.3 Å². The average Bonchev–Trinajstić information content (AvgIpc) is 2.80. The van der Waals surface area contributed by atoms with Crippen molar-refractivity contribution in [3.8, 4) is 11.4 Å². The van der Waals surface area contributed by atoms with Crippen molar-refractivity contribution in [3.05, 3.63) is 47.5 Å². The van der Waals surface area contributed by atoms with Crippen LogP contribution < -0.4 is 0 Å². The summed E-state index contributed by atoms with van der Waals surface area (Å²) in [6.45, 7) is 8.28. The minimum absolute atomic E-state index is 0.142. The molecule has 108 valence electrons. The number of hydrogen-bond acceptors (Lipinski definition) is 3. The van der Waals surface area contributed by atoms with Crippen LogP contribution in [0.2, 0.25) is 0 Å². The molecule has 0 radical (unpaired) electrons. The van der Waals surface area contributed by atoms with E-state index in [1.165, 1.54) is 4.80 Å². The van der Waals surface area contributed by atoms with Crippen molar-refractivity contribution >= 4 is 11.0 Å². The molecule has 1 aromatic heterocycles. The molecule has 3 rings (SSSR count). The minimum atomic E-state index is -0.142. The van der Waals surface area contributed by atoms with E-state index in [2.05, 4.69) is 31.0 Å². The number of benzene rings is 2. The van der Waals surface area contributed by atoms with Gasteiger partial charge in [-0.05, 0) is 36.1 Å². The summed E-state index contributed by atoms with van der Waals surface area (Å²) in [4.78, 5) is 1.51. The second kappa shape index (κ2) is 4.58. The molecule has 4 nitrogen and oxygen atoms in total. The van der Waals surface area contributed by atoms with Gasteiger partial charge in [-0.1, -0.05) is 39.0 Å². The normalized spacial score (nSPS) is 12.0. The van der Waals surface area contributed by atoms with E-state index in [0.29, 0.717) is 5.69 Å². The first-order valence-corrected chi connectivity index (χ1v) is 7.03. The van der Waals surface area contributed by atoms with E-state index in [-0.39, 0.29) is 11.2 Å². The number of hydrogen-bond donors (Lipinski definition) is 1. The summed E-state index contributed by atoms with van der Waals surface area (Å²) >= 11 is 0. The second-order valence-electron chi connectivity index (χ2n) is 6.35. The van der Waals surface area contributed by atoms with Gasteiger partial charge in [0, 0.05) is 5.56 Å². The number of rotatable bonds is 1. The Labute approximate surface area is 124 Å². The molecule has 0 aliphatic rings. The summed E-state index contributed by atoms with van der Waals surface area (Å²) in [5.74, 6) is 0.253. The minimum Gasteiger partial charge on any atom is -0.505 e. The molecule has 0 bridgehead atoms. The molecule has 0 aliphatic heterocycles. The number of phenols is 1. The lowest BCUT2D eigenvalue weighted by Crippen LogP contribution is -2.15. The van der Waals surface area contributed by atoms with Crippen LogP contribution in [-0.2, 0) is 5.41 Å². The molecular formula is C17H19N3O. The SMILES string of the molecule is Cc1ccc(-n2nc3ccccc3n2)c(O)c1C(C)(C)C. The molecule has 0 amide bonds. The summed E-state index contributed by atoms with van der Waals surface area (Å²) in [5.41, 5.74) is 4.10. The van der Waals surface area contributed by atoms with E-state index in [9.17, 15) is 5.11 Å². The zero-order chi connectivity index (χ0) is 15.2. The van der Waals surface area contributed by atoms with Crippen LogP contribution in [0.3, 0.4) is 0 Å². The molecule has 0 spiro atoms. The Morgan fingerprint density at radius 2 is 1.52 bits per heavy atom. The number of aromatic hydroxyl groups is 1. The maximum Gasteiger partial charge on any atom is 0.147 e. The molecule has 4 heteroatoms. The predicted molar refractivity (Wildman–Crippen MR) is 84.0 cm³/mol. The van der Waals surface area contributed by atoms with Gasteiger partial charge >= 0.3 is 0 Å². The molecule has 0 saturated heterocycles. The van der Waals surface area contributed by atoms with Crippen LogP contribution in [0.4, 0.5) is 0 Å². The van der Waals surface area contributed by atoms with Crippen LogP contribution in [0, 0.1) is 6.92 Å². The highest BCUT2D eigenvalue weighted by Gasteiger charge is 2.23. The molecule has 0 unspecified atom stereocenters. The number of aromatic nitrogens is 3. The Bertz CT molecular complexity index is 780. The lowest BCUT2D eigenvalue weighted by atomic mass is 9.83. The lowest BCUT2D eigenvalue weighted by Gasteiger charge is -2.24. The van der Waals surface area contributed by atoms with Crippen molar-refractivity contribution in [2.24, 2.45) is 0 Å². The molecule has 0 saturated carbocycles. The van der Waals surface area contributed by atoms with Gasteiger partial charge in [0.05, 0.1) is 0 Å². The Balaban J connectivity index is 2.23. The smallest absolute Gasteiger partial charge is 0.147 e. The third-order valence-corrected chi connectivity index (χ3v) is 3.62. The van der Waals surface area contributed by atoms with E-state index in [0.717, 1.165) is 22.2 Å². The molecule has 1 N–H and O–H groups in total. The monoisotopic (exact) mass is 281 g/mol. The first kappa shape index (κ1) is 13.6. The van der Waals surface area contributed by atoms with E-state index >= 15 is 0 Å². The molecule has 0 atom stereocenters. The Morgan fingerprint density at radius 3 is 2.05 bits per heavy atom.